The van der Waals surface area contributed by atoms with Crippen molar-refractivity contribution in [1.82, 2.24) is 19.7 Å². The first-order valence-corrected chi connectivity index (χ1v) is 11.1. The maximum atomic E-state index is 13.0. The van der Waals surface area contributed by atoms with Gasteiger partial charge in [0.1, 0.15) is 0 Å². The minimum atomic E-state index is 0.0906. The number of thioether (sulfide) groups is 1. The van der Waals surface area contributed by atoms with Gasteiger partial charge in [0, 0.05) is 23.5 Å². The normalized spacial score (nSPS) is 11.0. The Balaban J connectivity index is 1.69. The maximum Gasteiger partial charge on any atom is 0.196 e. The quantitative estimate of drug-likeness (QED) is 0.298. The monoisotopic (exact) mass is 428 g/mol. The number of aromatic nitrogens is 4. The van der Waals surface area contributed by atoms with Crippen LogP contribution in [0.4, 0.5) is 0 Å². The highest BCUT2D eigenvalue weighted by atomic mass is 32.2. The van der Waals surface area contributed by atoms with Gasteiger partial charge in [0.05, 0.1) is 11.4 Å². The van der Waals surface area contributed by atoms with Crippen molar-refractivity contribution in [3.8, 4) is 17.1 Å². The lowest BCUT2D eigenvalue weighted by Gasteiger charge is -2.13. The summed E-state index contributed by atoms with van der Waals surface area (Å²) < 4.78 is 2.01. The third-order valence-electron chi connectivity index (χ3n) is 5.38. The number of nitrogens with zero attached hydrogens (tertiary/aromatic N) is 4. The standard InChI is InChI=1S/C25H24N4OS/c1-16-8-5-6-10-22(16)29-24(20-9-7-11-26-14-20)27-28-25(29)31-15-23(30)21-13-18(3)17(2)12-19(21)4/h5-14H,15H2,1-4H3. The molecule has 0 amide bonds. The van der Waals surface area contributed by atoms with Crippen molar-refractivity contribution < 1.29 is 4.79 Å². The molecule has 0 unspecified atom stereocenters. The zero-order valence-electron chi connectivity index (χ0n) is 18.1. The van der Waals surface area contributed by atoms with Crippen LogP contribution < -0.4 is 0 Å². The van der Waals surface area contributed by atoms with Gasteiger partial charge in [0.15, 0.2) is 16.8 Å². The van der Waals surface area contributed by atoms with Crippen LogP contribution in [-0.2, 0) is 0 Å². The number of benzene rings is 2. The predicted octanol–water partition coefficient (Wildman–Crippen LogP) is 5.54. The molecule has 6 heteroatoms. The molecule has 4 aromatic rings. The van der Waals surface area contributed by atoms with Gasteiger partial charge in [-0.3, -0.25) is 14.3 Å². The Morgan fingerprint density at radius 1 is 0.903 bits per heavy atom. The van der Waals surface area contributed by atoms with Crippen molar-refractivity contribution in [2.45, 2.75) is 32.9 Å². The lowest BCUT2D eigenvalue weighted by molar-refractivity contribution is 0.102. The number of para-hydroxylation sites is 1. The molecule has 0 aliphatic carbocycles. The van der Waals surface area contributed by atoms with E-state index in [0.29, 0.717) is 16.7 Å². The highest BCUT2D eigenvalue weighted by molar-refractivity contribution is 7.99. The molecular formula is C25H24N4OS. The van der Waals surface area contributed by atoms with E-state index < -0.39 is 0 Å². The zero-order chi connectivity index (χ0) is 22.0. The number of carbonyl (C=O) groups is 1. The molecule has 0 fully saturated rings. The summed E-state index contributed by atoms with van der Waals surface area (Å²) in [5.41, 5.74) is 7.06. The Kier molecular flexibility index (Phi) is 6.00. The molecule has 2 heterocycles. The average Bonchev–Trinajstić information content (AvgIpc) is 3.19. The van der Waals surface area contributed by atoms with Crippen molar-refractivity contribution >= 4 is 17.5 Å². The summed E-state index contributed by atoms with van der Waals surface area (Å²) >= 11 is 1.41. The first kappa shape index (κ1) is 21.0. The number of Topliss-reactive ketones (excluding diaryl/α,β-unsaturated/α-hetero) is 1. The lowest BCUT2D eigenvalue weighted by atomic mass is 9.99. The van der Waals surface area contributed by atoms with Crippen molar-refractivity contribution in [2.75, 3.05) is 5.75 Å². The second-order valence-electron chi connectivity index (χ2n) is 7.63. The molecule has 0 atom stereocenters. The van der Waals surface area contributed by atoms with Crippen molar-refractivity contribution in [2.24, 2.45) is 0 Å². The van der Waals surface area contributed by atoms with Gasteiger partial charge in [-0.1, -0.05) is 36.0 Å². The second-order valence-corrected chi connectivity index (χ2v) is 8.58. The molecule has 0 aliphatic rings. The lowest BCUT2D eigenvalue weighted by Crippen LogP contribution is -2.08. The van der Waals surface area contributed by atoms with E-state index in [0.717, 1.165) is 33.5 Å². The Labute approximate surface area is 186 Å². The number of hydrogen-bond acceptors (Lipinski definition) is 5. The number of ketones is 1. The highest BCUT2D eigenvalue weighted by Crippen LogP contribution is 2.30. The van der Waals surface area contributed by atoms with Crippen molar-refractivity contribution in [1.29, 1.82) is 0 Å². The fourth-order valence-corrected chi connectivity index (χ4v) is 4.37. The molecule has 2 aromatic carbocycles. The molecule has 0 saturated heterocycles. The number of carbonyl (C=O) groups excluding carboxylic acids is 1. The largest absolute Gasteiger partial charge is 0.293 e. The number of hydrogen-bond donors (Lipinski definition) is 0. The van der Waals surface area contributed by atoms with Gasteiger partial charge >= 0.3 is 0 Å². The number of rotatable bonds is 6. The van der Waals surface area contributed by atoms with Crippen LogP contribution in [0.3, 0.4) is 0 Å². The fraction of sp³-hybridized carbons (Fsp3) is 0.200. The van der Waals surface area contributed by atoms with Crippen LogP contribution in [0.2, 0.25) is 0 Å². The van der Waals surface area contributed by atoms with Crippen LogP contribution in [0, 0.1) is 27.7 Å². The van der Waals surface area contributed by atoms with Gasteiger partial charge < -0.3 is 0 Å². The summed E-state index contributed by atoms with van der Waals surface area (Å²) in [7, 11) is 0. The van der Waals surface area contributed by atoms with Gasteiger partial charge in [-0.2, -0.15) is 0 Å². The third kappa shape index (κ3) is 4.30. The van der Waals surface area contributed by atoms with Crippen LogP contribution in [0.5, 0.6) is 0 Å². The minimum Gasteiger partial charge on any atom is -0.293 e. The number of aryl methyl sites for hydroxylation is 4. The van der Waals surface area contributed by atoms with Crippen LogP contribution in [0.15, 0.2) is 66.1 Å². The van der Waals surface area contributed by atoms with Crippen LogP contribution in [0.25, 0.3) is 17.1 Å². The SMILES string of the molecule is Cc1cc(C)c(C(=O)CSc2nnc(-c3cccnc3)n2-c2ccccc2C)cc1C. The van der Waals surface area contributed by atoms with Crippen LogP contribution in [-0.4, -0.2) is 31.3 Å². The molecule has 0 spiro atoms. The molecule has 0 N–H and O–H groups in total. The summed E-state index contributed by atoms with van der Waals surface area (Å²) in [4.78, 5) is 17.2. The molecule has 0 radical (unpaired) electrons. The highest BCUT2D eigenvalue weighted by Gasteiger charge is 2.19. The molecule has 156 valence electrons. The number of pyridine rings is 1. The Morgan fingerprint density at radius 3 is 2.42 bits per heavy atom. The second kappa shape index (κ2) is 8.86. The van der Waals surface area contributed by atoms with Gasteiger partial charge in [-0.25, -0.2) is 0 Å². The van der Waals surface area contributed by atoms with Gasteiger partial charge in [-0.15, -0.1) is 10.2 Å². The first-order valence-electron chi connectivity index (χ1n) is 10.1. The van der Waals surface area contributed by atoms with E-state index in [2.05, 4.69) is 41.2 Å². The summed E-state index contributed by atoms with van der Waals surface area (Å²) in [6, 6.07) is 16.0. The molecule has 0 saturated carbocycles. The fourth-order valence-electron chi connectivity index (χ4n) is 3.55. The molecule has 5 nitrogen and oxygen atoms in total. The van der Waals surface area contributed by atoms with Crippen LogP contribution in [0.1, 0.15) is 32.6 Å². The maximum absolute atomic E-state index is 13.0. The molecule has 2 aromatic heterocycles. The molecule has 0 bridgehead atoms. The first-order chi connectivity index (χ1) is 15.0. The summed E-state index contributed by atoms with van der Waals surface area (Å²) in [6.45, 7) is 8.14. The summed E-state index contributed by atoms with van der Waals surface area (Å²) in [5, 5.41) is 9.55. The topological polar surface area (TPSA) is 60.7 Å². The summed E-state index contributed by atoms with van der Waals surface area (Å²) in [5.74, 6) is 1.09. The Hall–Kier alpha value is -3.25. The molecule has 4 rings (SSSR count). The van der Waals surface area contributed by atoms with Crippen molar-refractivity contribution in [3.63, 3.8) is 0 Å². The van der Waals surface area contributed by atoms with E-state index in [1.54, 1.807) is 12.4 Å². The van der Waals surface area contributed by atoms with Crippen molar-refractivity contribution in [3.05, 3.63) is 88.7 Å². The van der Waals surface area contributed by atoms with Gasteiger partial charge in [0.25, 0.3) is 0 Å². The van der Waals surface area contributed by atoms with Crippen LogP contribution >= 0.6 is 11.8 Å². The van der Waals surface area contributed by atoms with E-state index in [4.69, 9.17) is 0 Å². The van der Waals surface area contributed by atoms with E-state index in [1.165, 1.54) is 17.3 Å². The predicted molar refractivity (Wildman–Crippen MR) is 125 cm³/mol. The van der Waals surface area contributed by atoms with E-state index >= 15 is 0 Å². The van der Waals surface area contributed by atoms with Gasteiger partial charge in [-0.05, 0) is 74.2 Å². The molecule has 31 heavy (non-hydrogen) atoms. The zero-order valence-corrected chi connectivity index (χ0v) is 18.9. The molecular weight excluding hydrogens is 404 g/mol. The average molecular weight is 429 g/mol. The smallest absolute Gasteiger partial charge is 0.196 e. The summed E-state index contributed by atoms with van der Waals surface area (Å²) in [6.07, 6.45) is 3.51. The third-order valence-corrected chi connectivity index (χ3v) is 6.31. The van der Waals surface area contributed by atoms with Gasteiger partial charge in [0.2, 0.25) is 0 Å². The van der Waals surface area contributed by atoms with E-state index in [9.17, 15) is 4.79 Å². The Bertz CT molecular complexity index is 1250. The minimum absolute atomic E-state index is 0.0906. The van der Waals surface area contributed by atoms with E-state index in [1.807, 2.05) is 54.8 Å². The van der Waals surface area contributed by atoms with E-state index in [-0.39, 0.29) is 5.78 Å². The molecule has 0 aliphatic heterocycles. The Morgan fingerprint density at radius 2 is 1.68 bits per heavy atom.